The highest BCUT2D eigenvalue weighted by atomic mass is 32.2. The average molecular weight is 364 g/mol. The molecule has 0 N–H and O–H groups in total. The van der Waals surface area contributed by atoms with Crippen molar-refractivity contribution in [2.45, 2.75) is 11.4 Å². The number of nitrogens with zero attached hydrogens (tertiary/aromatic N) is 2. The van der Waals surface area contributed by atoms with Gasteiger partial charge in [0.1, 0.15) is 0 Å². The lowest BCUT2D eigenvalue weighted by molar-refractivity contribution is -0.137. The van der Waals surface area contributed by atoms with Crippen molar-refractivity contribution in [3.8, 4) is 11.5 Å². The summed E-state index contributed by atoms with van der Waals surface area (Å²) in [4.78, 5) is 12.1. The van der Waals surface area contributed by atoms with E-state index in [1.165, 1.54) is 12.1 Å². The first-order valence-electron chi connectivity index (χ1n) is 7.15. The van der Waals surface area contributed by atoms with Crippen LogP contribution in [0.2, 0.25) is 0 Å². The van der Waals surface area contributed by atoms with Crippen molar-refractivity contribution in [3.63, 3.8) is 0 Å². The summed E-state index contributed by atoms with van der Waals surface area (Å²) in [6, 6.07) is 13.4. The van der Waals surface area contributed by atoms with Gasteiger partial charge in [0.15, 0.2) is 5.78 Å². The van der Waals surface area contributed by atoms with Gasteiger partial charge in [-0.05, 0) is 24.3 Å². The maximum Gasteiger partial charge on any atom is 0.416 e. The number of alkyl halides is 3. The predicted octanol–water partition coefficient (Wildman–Crippen LogP) is 4.73. The van der Waals surface area contributed by atoms with Crippen LogP contribution in [0.15, 0.2) is 64.2 Å². The van der Waals surface area contributed by atoms with Crippen LogP contribution >= 0.6 is 11.8 Å². The summed E-state index contributed by atoms with van der Waals surface area (Å²) in [5, 5.41) is 7.89. The lowest BCUT2D eigenvalue weighted by Crippen LogP contribution is -2.08. The van der Waals surface area contributed by atoms with E-state index in [2.05, 4.69) is 10.2 Å². The fourth-order valence-electron chi connectivity index (χ4n) is 2.05. The Morgan fingerprint density at radius 2 is 1.80 bits per heavy atom. The summed E-state index contributed by atoms with van der Waals surface area (Å²) in [7, 11) is 0. The van der Waals surface area contributed by atoms with Gasteiger partial charge in [-0.3, -0.25) is 4.79 Å². The van der Waals surface area contributed by atoms with E-state index in [1.54, 1.807) is 12.1 Å². The molecule has 0 radical (unpaired) electrons. The van der Waals surface area contributed by atoms with Crippen molar-refractivity contribution in [1.29, 1.82) is 0 Å². The summed E-state index contributed by atoms with van der Waals surface area (Å²) in [6.07, 6.45) is -4.49. The summed E-state index contributed by atoms with van der Waals surface area (Å²) in [5.41, 5.74) is -0.122. The second kappa shape index (κ2) is 7.10. The van der Waals surface area contributed by atoms with Gasteiger partial charge in [0.2, 0.25) is 5.89 Å². The maximum absolute atomic E-state index is 12.7. The molecule has 1 heterocycles. The van der Waals surface area contributed by atoms with Crippen LogP contribution in [0.1, 0.15) is 15.9 Å². The monoisotopic (exact) mass is 364 g/mol. The third-order valence-electron chi connectivity index (χ3n) is 3.27. The van der Waals surface area contributed by atoms with Crippen molar-refractivity contribution in [2.75, 3.05) is 5.75 Å². The van der Waals surface area contributed by atoms with Gasteiger partial charge in [0, 0.05) is 11.1 Å². The van der Waals surface area contributed by atoms with E-state index in [0.29, 0.717) is 5.89 Å². The van der Waals surface area contributed by atoms with Crippen LogP contribution in [0.25, 0.3) is 11.5 Å². The van der Waals surface area contributed by atoms with Crippen molar-refractivity contribution < 1.29 is 22.4 Å². The molecule has 0 aliphatic heterocycles. The number of aromatic nitrogens is 2. The highest BCUT2D eigenvalue weighted by Crippen LogP contribution is 2.30. The Labute approximate surface area is 145 Å². The smallest absolute Gasteiger partial charge is 0.411 e. The largest absolute Gasteiger partial charge is 0.416 e. The van der Waals surface area contributed by atoms with Crippen LogP contribution in [0, 0.1) is 0 Å². The minimum absolute atomic E-state index is 0.00915. The molecule has 25 heavy (non-hydrogen) atoms. The number of ketones is 1. The molecule has 3 aromatic rings. The average Bonchev–Trinajstić information content (AvgIpc) is 3.09. The molecule has 3 rings (SSSR count). The zero-order valence-electron chi connectivity index (χ0n) is 12.7. The highest BCUT2D eigenvalue weighted by Gasteiger charge is 2.30. The Hall–Kier alpha value is -2.61. The van der Waals surface area contributed by atoms with Crippen LogP contribution in [0.4, 0.5) is 13.2 Å². The van der Waals surface area contributed by atoms with Crippen LogP contribution in [-0.2, 0) is 6.18 Å². The molecular weight excluding hydrogens is 353 g/mol. The van der Waals surface area contributed by atoms with Crippen LogP contribution in [0.3, 0.4) is 0 Å². The topological polar surface area (TPSA) is 56.0 Å². The molecule has 4 nitrogen and oxygen atoms in total. The SMILES string of the molecule is O=C(CSc1nnc(-c2ccccc2)o1)c1cccc(C(F)(F)F)c1. The van der Waals surface area contributed by atoms with E-state index in [0.717, 1.165) is 29.5 Å². The van der Waals surface area contributed by atoms with Gasteiger partial charge in [0.05, 0.1) is 11.3 Å². The zero-order chi connectivity index (χ0) is 17.9. The molecule has 0 saturated carbocycles. The first-order chi connectivity index (χ1) is 11.9. The number of benzene rings is 2. The summed E-state index contributed by atoms with van der Waals surface area (Å²) in [5.74, 6) is -0.234. The highest BCUT2D eigenvalue weighted by molar-refractivity contribution is 7.99. The lowest BCUT2D eigenvalue weighted by atomic mass is 10.1. The lowest BCUT2D eigenvalue weighted by Gasteiger charge is -2.07. The van der Waals surface area contributed by atoms with Gasteiger partial charge in [-0.1, -0.05) is 42.1 Å². The van der Waals surface area contributed by atoms with Crippen LogP contribution in [0.5, 0.6) is 0 Å². The molecule has 1 aromatic heterocycles. The van der Waals surface area contributed by atoms with E-state index in [-0.39, 0.29) is 16.5 Å². The molecule has 0 fully saturated rings. The first-order valence-corrected chi connectivity index (χ1v) is 8.14. The van der Waals surface area contributed by atoms with Gasteiger partial charge >= 0.3 is 6.18 Å². The Morgan fingerprint density at radius 3 is 2.52 bits per heavy atom. The van der Waals surface area contributed by atoms with E-state index in [1.807, 2.05) is 18.2 Å². The quantitative estimate of drug-likeness (QED) is 0.484. The van der Waals surface area contributed by atoms with Crippen molar-refractivity contribution in [2.24, 2.45) is 0 Å². The number of hydrogen-bond acceptors (Lipinski definition) is 5. The number of Topliss-reactive ketones (excluding diaryl/α,β-unsaturated/α-hetero) is 1. The predicted molar refractivity (Wildman–Crippen MR) is 86.2 cm³/mol. The molecule has 0 aliphatic carbocycles. The fourth-order valence-corrected chi connectivity index (χ4v) is 2.70. The van der Waals surface area contributed by atoms with Crippen molar-refractivity contribution >= 4 is 17.5 Å². The van der Waals surface area contributed by atoms with Crippen LogP contribution < -0.4 is 0 Å². The van der Waals surface area contributed by atoms with E-state index in [4.69, 9.17) is 4.42 Å². The third-order valence-corrected chi connectivity index (χ3v) is 4.08. The number of halogens is 3. The first kappa shape index (κ1) is 17.2. The molecule has 0 spiro atoms. The molecule has 0 atom stereocenters. The molecule has 0 aliphatic rings. The second-order valence-corrected chi connectivity index (χ2v) is 5.96. The Kier molecular flexibility index (Phi) is 4.89. The minimum atomic E-state index is -4.49. The summed E-state index contributed by atoms with van der Waals surface area (Å²) in [6.45, 7) is 0. The summed E-state index contributed by atoms with van der Waals surface area (Å²) >= 11 is 0.981. The van der Waals surface area contributed by atoms with Gasteiger partial charge < -0.3 is 4.42 Å². The molecule has 0 bridgehead atoms. The number of hydrogen-bond donors (Lipinski definition) is 0. The molecule has 0 amide bonds. The Morgan fingerprint density at radius 1 is 1.04 bits per heavy atom. The summed E-state index contributed by atoms with van der Waals surface area (Å²) < 4.78 is 43.5. The fraction of sp³-hybridized carbons (Fsp3) is 0.118. The molecule has 0 saturated heterocycles. The second-order valence-electron chi connectivity index (χ2n) is 5.03. The van der Waals surface area contributed by atoms with Crippen molar-refractivity contribution in [3.05, 3.63) is 65.7 Å². The Bertz CT molecular complexity index is 879. The molecule has 2 aromatic carbocycles. The van der Waals surface area contributed by atoms with Gasteiger partial charge in [-0.15, -0.1) is 10.2 Å². The van der Waals surface area contributed by atoms with Crippen molar-refractivity contribution in [1.82, 2.24) is 10.2 Å². The number of thioether (sulfide) groups is 1. The Balaban J connectivity index is 1.66. The van der Waals surface area contributed by atoms with E-state index < -0.39 is 17.5 Å². The normalized spacial score (nSPS) is 11.5. The molecule has 8 heteroatoms. The van der Waals surface area contributed by atoms with Gasteiger partial charge in [0.25, 0.3) is 5.22 Å². The van der Waals surface area contributed by atoms with E-state index in [9.17, 15) is 18.0 Å². The minimum Gasteiger partial charge on any atom is -0.411 e. The molecular formula is C17H11F3N2O2S. The number of carbonyl (C=O) groups is 1. The standard InChI is InChI=1S/C17H11F3N2O2S/c18-17(19,20)13-8-4-7-12(9-13)14(23)10-25-16-22-21-15(24-16)11-5-2-1-3-6-11/h1-9H,10H2. The van der Waals surface area contributed by atoms with Gasteiger partial charge in [-0.2, -0.15) is 13.2 Å². The third kappa shape index (κ3) is 4.27. The zero-order valence-corrected chi connectivity index (χ0v) is 13.5. The number of rotatable bonds is 5. The van der Waals surface area contributed by atoms with Crippen LogP contribution in [-0.4, -0.2) is 21.7 Å². The van der Waals surface area contributed by atoms with Gasteiger partial charge in [-0.25, -0.2) is 0 Å². The maximum atomic E-state index is 12.7. The molecule has 128 valence electrons. The van der Waals surface area contributed by atoms with E-state index >= 15 is 0 Å². The molecule has 0 unspecified atom stereocenters. The number of carbonyl (C=O) groups excluding carboxylic acids is 1.